The lowest BCUT2D eigenvalue weighted by Crippen LogP contribution is -2.23. The van der Waals surface area contributed by atoms with Gasteiger partial charge in [-0.05, 0) is 24.8 Å². The molecule has 1 atom stereocenters. The van der Waals surface area contributed by atoms with Gasteiger partial charge in [0.15, 0.2) is 5.69 Å². The fourth-order valence-corrected chi connectivity index (χ4v) is 2.70. The lowest BCUT2D eigenvalue weighted by molar-refractivity contribution is -0.384. The van der Waals surface area contributed by atoms with E-state index < -0.39 is 10.9 Å². The lowest BCUT2D eigenvalue weighted by atomic mass is 10.0. The molecule has 2 rings (SSSR count). The van der Waals surface area contributed by atoms with Gasteiger partial charge in [0.2, 0.25) is 5.82 Å². The van der Waals surface area contributed by atoms with Crippen LogP contribution in [-0.4, -0.2) is 36.1 Å². The predicted molar refractivity (Wildman–Crippen MR) is 77.5 cm³/mol. The fraction of sp³-hybridized carbons (Fsp3) is 0.571. The third-order valence-corrected chi connectivity index (χ3v) is 3.73. The average molecular weight is 293 g/mol. The number of hydrogen-bond donors (Lipinski definition) is 0. The summed E-state index contributed by atoms with van der Waals surface area (Å²) >= 11 is 0. The molecule has 1 aliphatic heterocycles. The van der Waals surface area contributed by atoms with Crippen LogP contribution in [0.3, 0.4) is 0 Å². The van der Waals surface area contributed by atoms with Gasteiger partial charge in [-0.2, -0.15) is 0 Å². The van der Waals surface area contributed by atoms with Crippen molar-refractivity contribution in [3.8, 4) is 0 Å². The molecule has 21 heavy (non-hydrogen) atoms. The van der Waals surface area contributed by atoms with Gasteiger partial charge >= 0.3 is 11.7 Å². The van der Waals surface area contributed by atoms with Crippen LogP contribution in [0.5, 0.6) is 0 Å². The van der Waals surface area contributed by atoms with E-state index in [-0.39, 0.29) is 17.2 Å². The topological polar surface area (TPSA) is 85.6 Å². The van der Waals surface area contributed by atoms with Crippen LogP contribution in [0.25, 0.3) is 0 Å². The molecule has 0 spiro atoms. The van der Waals surface area contributed by atoms with Gasteiger partial charge < -0.3 is 9.64 Å². The molecule has 1 fully saturated rings. The van der Waals surface area contributed by atoms with Gasteiger partial charge in [-0.1, -0.05) is 13.3 Å². The second kappa shape index (κ2) is 6.51. The first-order valence-corrected chi connectivity index (χ1v) is 7.05. The Morgan fingerprint density at radius 2 is 2.33 bits per heavy atom. The Labute approximate surface area is 123 Å². The smallest absolute Gasteiger partial charge is 0.356 e. The van der Waals surface area contributed by atoms with Crippen LogP contribution in [0.4, 0.5) is 11.5 Å². The molecular formula is C14H19N3O4. The molecule has 114 valence electrons. The van der Waals surface area contributed by atoms with Crippen molar-refractivity contribution in [2.75, 3.05) is 25.1 Å². The summed E-state index contributed by atoms with van der Waals surface area (Å²) in [7, 11) is 1.26. The first-order valence-electron chi connectivity index (χ1n) is 7.05. The Kier molecular flexibility index (Phi) is 4.72. The first-order chi connectivity index (χ1) is 10.1. The molecule has 0 radical (unpaired) electrons. The molecule has 0 N–H and O–H groups in total. The van der Waals surface area contributed by atoms with Crippen LogP contribution in [-0.2, 0) is 4.74 Å². The molecule has 0 aromatic carbocycles. The van der Waals surface area contributed by atoms with Crippen LogP contribution in [0.15, 0.2) is 12.1 Å². The zero-order valence-electron chi connectivity index (χ0n) is 12.2. The third kappa shape index (κ3) is 3.29. The third-order valence-electron chi connectivity index (χ3n) is 3.73. The molecule has 1 aromatic heterocycles. The molecule has 7 heteroatoms. The van der Waals surface area contributed by atoms with Crippen molar-refractivity contribution >= 4 is 17.5 Å². The number of carbonyl (C=O) groups is 1. The van der Waals surface area contributed by atoms with Crippen LogP contribution >= 0.6 is 0 Å². The number of anilines is 1. The van der Waals surface area contributed by atoms with E-state index in [0.29, 0.717) is 5.92 Å². The maximum Gasteiger partial charge on any atom is 0.356 e. The second-order valence-electron chi connectivity index (χ2n) is 5.18. The second-order valence-corrected chi connectivity index (χ2v) is 5.18. The molecule has 0 amide bonds. The zero-order chi connectivity index (χ0) is 15.4. The van der Waals surface area contributed by atoms with Gasteiger partial charge in [0.25, 0.3) is 0 Å². The molecule has 1 aliphatic rings. The van der Waals surface area contributed by atoms with Gasteiger partial charge in [0.1, 0.15) is 0 Å². The van der Waals surface area contributed by atoms with Crippen molar-refractivity contribution < 1.29 is 14.5 Å². The maximum atomic E-state index is 11.6. The molecule has 1 saturated heterocycles. The summed E-state index contributed by atoms with van der Waals surface area (Å²) in [4.78, 5) is 28.3. The highest BCUT2D eigenvalue weighted by Crippen LogP contribution is 2.32. The molecule has 1 unspecified atom stereocenters. The highest BCUT2D eigenvalue weighted by Gasteiger charge is 2.29. The minimum absolute atomic E-state index is 0.0696. The monoisotopic (exact) mass is 293 g/mol. The van der Waals surface area contributed by atoms with Gasteiger partial charge in [-0.3, -0.25) is 10.1 Å². The summed E-state index contributed by atoms with van der Waals surface area (Å²) in [5.41, 5.74) is 0.0249. The number of pyridine rings is 1. The summed E-state index contributed by atoms with van der Waals surface area (Å²) in [6.45, 7) is 3.59. The van der Waals surface area contributed by atoms with Gasteiger partial charge in [0, 0.05) is 19.2 Å². The van der Waals surface area contributed by atoms with Crippen molar-refractivity contribution in [3.05, 3.63) is 27.9 Å². The summed E-state index contributed by atoms with van der Waals surface area (Å²) in [6.07, 6.45) is 3.19. The Morgan fingerprint density at radius 3 is 2.95 bits per heavy atom. The number of methoxy groups -OCH3 is 1. The van der Waals surface area contributed by atoms with Crippen LogP contribution in [0.2, 0.25) is 0 Å². The molecule has 7 nitrogen and oxygen atoms in total. The number of nitro groups is 1. The van der Waals surface area contributed by atoms with Gasteiger partial charge in [-0.15, -0.1) is 0 Å². The van der Waals surface area contributed by atoms with Gasteiger partial charge in [0.05, 0.1) is 12.0 Å². The Hall–Kier alpha value is -2.18. The summed E-state index contributed by atoms with van der Waals surface area (Å²) in [5, 5.41) is 11.2. The molecule has 0 aliphatic carbocycles. The average Bonchev–Trinajstić information content (AvgIpc) is 2.94. The van der Waals surface area contributed by atoms with Crippen LogP contribution in [0.1, 0.15) is 36.7 Å². The van der Waals surface area contributed by atoms with E-state index in [4.69, 9.17) is 0 Å². The minimum atomic E-state index is -0.588. The normalized spacial score (nSPS) is 17.8. The minimum Gasteiger partial charge on any atom is -0.464 e. The fourth-order valence-electron chi connectivity index (χ4n) is 2.70. The molecule has 2 heterocycles. The molecule has 1 aromatic rings. The van der Waals surface area contributed by atoms with Crippen molar-refractivity contribution in [2.45, 2.75) is 26.2 Å². The van der Waals surface area contributed by atoms with E-state index >= 15 is 0 Å². The molecule has 0 bridgehead atoms. The lowest BCUT2D eigenvalue weighted by Gasteiger charge is -2.17. The van der Waals surface area contributed by atoms with Gasteiger partial charge in [-0.25, -0.2) is 9.78 Å². The predicted octanol–water partition coefficient (Wildman–Crippen LogP) is 2.40. The highest BCUT2D eigenvalue weighted by molar-refractivity contribution is 5.88. The summed E-state index contributed by atoms with van der Waals surface area (Å²) < 4.78 is 4.62. The van der Waals surface area contributed by atoms with Crippen LogP contribution < -0.4 is 4.90 Å². The number of carbonyl (C=O) groups excluding carboxylic acids is 1. The zero-order valence-corrected chi connectivity index (χ0v) is 12.2. The van der Waals surface area contributed by atoms with Crippen molar-refractivity contribution in [1.29, 1.82) is 0 Å². The number of hydrogen-bond acceptors (Lipinski definition) is 6. The molecule has 0 saturated carbocycles. The molecular weight excluding hydrogens is 274 g/mol. The Bertz CT molecular complexity index is 547. The van der Waals surface area contributed by atoms with E-state index in [9.17, 15) is 14.9 Å². The largest absolute Gasteiger partial charge is 0.464 e. The maximum absolute atomic E-state index is 11.6. The number of nitrogens with zero attached hydrogens (tertiary/aromatic N) is 3. The van der Waals surface area contributed by atoms with E-state index in [0.717, 1.165) is 32.4 Å². The number of aromatic nitrogens is 1. The van der Waals surface area contributed by atoms with E-state index in [1.807, 2.05) is 4.90 Å². The first kappa shape index (κ1) is 15.2. The Balaban J connectivity index is 2.31. The van der Waals surface area contributed by atoms with E-state index in [1.54, 1.807) is 0 Å². The summed E-state index contributed by atoms with van der Waals surface area (Å²) in [6, 6.07) is 2.65. The Morgan fingerprint density at radius 1 is 1.57 bits per heavy atom. The SMILES string of the molecule is CCCC1CCN(c2nc(C(=O)OC)ccc2[N+](=O)[O-])C1. The van der Waals surface area contributed by atoms with Crippen LogP contribution in [0, 0.1) is 16.0 Å². The number of rotatable bonds is 5. The quantitative estimate of drug-likeness (QED) is 0.471. The van der Waals surface area contributed by atoms with Crippen molar-refractivity contribution in [1.82, 2.24) is 4.98 Å². The number of esters is 1. The summed E-state index contributed by atoms with van der Waals surface area (Å²) in [5.74, 6) is 0.204. The van der Waals surface area contributed by atoms with E-state index in [1.165, 1.54) is 19.2 Å². The highest BCUT2D eigenvalue weighted by atomic mass is 16.6. The standard InChI is InChI=1S/C14H19N3O4/c1-3-4-10-7-8-16(9-10)13-12(17(19)20)6-5-11(15-13)14(18)21-2/h5-6,10H,3-4,7-9H2,1-2H3. The number of ether oxygens (including phenoxy) is 1. The van der Waals surface area contributed by atoms with Crippen molar-refractivity contribution in [2.24, 2.45) is 5.92 Å². The van der Waals surface area contributed by atoms with Crippen molar-refractivity contribution in [3.63, 3.8) is 0 Å². The van der Waals surface area contributed by atoms with E-state index in [2.05, 4.69) is 16.6 Å².